The fourth-order valence-corrected chi connectivity index (χ4v) is 8.62. The van der Waals surface area contributed by atoms with E-state index in [9.17, 15) is 0 Å². The van der Waals surface area contributed by atoms with E-state index in [0.717, 1.165) is 19.3 Å². The van der Waals surface area contributed by atoms with Crippen LogP contribution in [0.1, 0.15) is 51.4 Å². The Balaban J connectivity index is 1.22. The molecular weight excluding hydrogens is 259 g/mol. The summed E-state index contributed by atoms with van der Waals surface area (Å²) in [5, 5.41) is 0. The molecule has 0 amide bonds. The van der Waals surface area contributed by atoms with Crippen molar-refractivity contribution in [2.45, 2.75) is 60.5 Å². The maximum absolute atomic E-state index is 1.66. The Morgan fingerprint density at radius 2 is 1.50 bits per heavy atom. The summed E-state index contributed by atoms with van der Waals surface area (Å²) in [4.78, 5) is 1.27. The summed E-state index contributed by atoms with van der Waals surface area (Å²) in [7, 11) is 0. The molecule has 0 nitrogen and oxygen atoms in total. The summed E-state index contributed by atoms with van der Waals surface area (Å²) in [6, 6.07) is 0. The molecular formula is C15H22Se. The van der Waals surface area contributed by atoms with Gasteiger partial charge in [-0.15, -0.1) is 0 Å². The first-order valence-electron chi connectivity index (χ1n) is 7.53. The predicted octanol–water partition coefficient (Wildman–Crippen LogP) is 3.91. The van der Waals surface area contributed by atoms with Crippen LogP contribution in [-0.2, 0) is 0 Å². The van der Waals surface area contributed by atoms with Gasteiger partial charge in [0, 0.05) is 0 Å². The molecule has 0 aliphatic heterocycles. The monoisotopic (exact) mass is 282 g/mol. The first kappa shape index (κ1) is 9.45. The van der Waals surface area contributed by atoms with E-state index < -0.39 is 0 Å². The van der Waals surface area contributed by atoms with Gasteiger partial charge in [0.15, 0.2) is 0 Å². The molecule has 5 aliphatic carbocycles. The normalized spacial score (nSPS) is 52.5. The molecule has 0 aromatic carbocycles. The Morgan fingerprint density at radius 3 is 2.12 bits per heavy atom. The standard InChI is InChI=1S/C15H22Se/c1-2-9(1)11-7-13(11)15(5-6-15)16-14-8-12(14)10-3-4-10/h9-14H,1-8H2. The second kappa shape index (κ2) is 2.91. The van der Waals surface area contributed by atoms with Crippen LogP contribution in [0, 0.1) is 29.6 Å². The SMILES string of the molecule is C1CC1C1CC1[Se]C1(C2CC2C2CC2)CC1. The van der Waals surface area contributed by atoms with Crippen molar-refractivity contribution in [3.8, 4) is 0 Å². The van der Waals surface area contributed by atoms with E-state index in [1.54, 1.807) is 51.4 Å². The van der Waals surface area contributed by atoms with Gasteiger partial charge in [0.05, 0.1) is 0 Å². The van der Waals surface area contributed by atoms with E-state index in [2.05, 4.69) is 0 Å². The van der Waals surface area contributed by atoms with Gasteiger partial charge in [-0.2, -0.15) is 0 Å². The average Bonchev–Trinajstić information content (AvgIpc) is 3.07. The van der Waals surface area contributed by atoms with Crippen molar-refractivity contribution in [3.63, 3.8) is 0 Å². The third kappa shape index (κ3) is 1.47. The molecule has 0 aromatic rings. The number of hydrogen-bond donors (Lipinski definition) is 0. The van der Waals surface area contributed by atoms with Crippen LogP contribution in [0.4, 0.5) is 0 Å². The summed E-state index contributed by atoms with van der Waals surface area (Å²) in [5.41, 5.74) is 0. The second-order valence-corrected chi connectivity index (χ2v) is 10.8. The fourth-order valence-electron chi connectivity index (χ4n) is 4.21. The third-order valence-corrected chi connectivity index (χ3v) is 10.1. The Morgan fingerprint density at radius 1 is 0.812 bits per heavy atom. The molecule has 0 heterocycles. The Kier molecular flexibility index (Phi) is 1.72. The fraction of sp³-hybridized carbons (Fsp3) is 1.00. The van der Waals surface area contributed by atoms with E-state index in [4.69, 9.17) is 0 Å². The van der Waals surface area contributed by atoms with Crippen molar-refractivity contribution >= 4 is 15.0 Å². The van der Waals surface area contributed by atoms with Gasteiger partial charge < -0.3 is 0 Å². The molecule has 0 bridgehead atoms. The average molecular weight is 281 g/mol. The van der Waals surface area contributed by atoms with Crippen LogP contribution in [0.5, 0.6) is 0 Å². The zero-order valence-electron chi connectivity index (χ0n) is 10.0. The van der Waals surface area contributed by atoms with Crippen molar-refractivity contribution < 1.29 is 0 Å². The minimum atomic E-state index is 0.995. The van der Waals surface area contributed by atoms with E-state index in [-0.39, 0.29) is 0 Å². The Hall–Kier alpha value is 0.519. The third-order valence-electron chi connectivity index (χ3n) is 5.88. The van der Waals surface area contributed by atoms with Crippen LogP contribution in [0.3, 0.4) is 0 Å². The maximum atomic E-state index is 1.66. The molecule has 4 unspecified atom stereocenters. The summed E-state index contributed by atoms with van der Waals surface area (Å²) in [5.74, 6) is 6.18. The molecule has 0 saturated heterocycles. The second-order valence-electron chi connectivity index (χ2n) is 7.30. The molecule has 1 heteroatoms. The van der Waals surface area contributed by atoms with Crippen molar-refractivity contribution in [1.82, 2.24) is 0 Å². The molecule has 0 spiro atoms. The van der Waals surface area contributed by atoms with Crippen LogP contribution < -0.4 is 0 Å². The quantitative estimate of drug-likeness (QED) is 0.670. The van der Waals surface area contributed by atoms with Gasteiger partial charge in [-0.25, -0.2) is 0 Å². The number of hydrogen-bond acceptors (Lipinski definition) is 0. The van der Waals surface area contributed by atoms with Gasteiger partial charge >= 0.3 is 105 Å². The molecule has 4 atom stereocenters. The Bertz CT molecular complexity index is 324. The van der Waals surface area contributed by atoms with Crippen LogP contribution in [-0.4, -0.2) is 15.0 Å². The van der Waals surface area contributed by atoms with E-state index in [1.807, 2.05) is 0 Å². The van der Waals surface area contributed by atoms with Crippen LogP contribution in [0.2, 0.25) is 9.13 Å². The molecule has 5 rings (SSSR count). The Labute approximate surface area is 105 Å². The van der Waals surface area contributed by atoms with Crippen molar-refractivity contribution in [3.05, 3.63) is 0 Å². The van der Waals surface area contributed by atoms with Gasteiger partial charge in [-0.1, -0.05) is 0 Å². The van der Waals surface area contributed by atoms with Gasteiger partial charge in [-0.3, -0.25) is 0 Å². The summed E-state index contributed by atoms with van der Waals surface area (Å²) in [6.45, 7) is 0. The van der Waals surface area contributed by atoms with Crippen molar-refractivity contribution in [2.24, 2.45) is 29.6 Å². The molecule has 16 heavy (non-hydrogen) atoms. The first-order valence-corrected chi connectivity index (χ1v) is 9.38. The van der Waals surface area contributed by atoms with Gasteiger partial charge in [0.2, 0.25) is 0 Å². The first-order chi connectivity index (χ1) is 7.86. The molecule has 5 saturated carbocycles. The topological polar surface area (TPSA) is 0 Å². The van der Waals surface area contributed by atoms with Crippen LogP contribution in [0.15, 0.2) is 0 Å². The van der Waals surface area contributed by atoms with Crippen molar-refractivity contribution in [2.75, 3.05) is 0 Å². The van der Waals surface area contributed by atoms with Crippen molar-refractivity contribution in [1.29, 1.82) is 0 Å². The number of rotatable bonds is 5. The van der Waals surface area contributed by atoms with Gasteiger partial charge in [0.1, 0.15) is 0 Å². The molecule has 0 aromatic heterocycles. The molecule has 88 valence electrons. The van der Waals surface area contributed by atoms with Crippen LogP contribution in [0.25, 0.3) is 0 Å². The zero-order valence-corrected chi connectivity index (χ0v) is 11.7. The molecule has 5 aliphatic rings. The predicted molar refractivity (Wildman–Crippen MR) is 66.6 cm³/mol. The summed E-state index contributed by atoms with van der Waals surface area (Å²) < 4.78 is 0.995. The molecule has 0 radical (unpaired) electrons. The van der Waals surface area contributed by atoms with E-state index >= 15 is 0 Å². The van der Waals surface area contributed by atoms with E-state index in [0.29, 0.717) is 0 Å². The molecule has 5 fully saturated rings. The molecule has 0 N–H and O–H groups in total. The van der Waals surface area contributed by atoms with Gasteiger partial charge in [0.25, 0.3) is 0 Å². The van der Waals surface area contributed by atoms with Gasteiger partial charge in [-0.05, 0) is 0 Å². The van der Waals surface area contributed by atoms with E-state index in [1.165, 1.54) is 34.4 Å². The zero-order chi connectivity index (χ0) is 10.3. The summed E-state index contributed by atoms with van der Waals surface area (Å²) in [6.07, 6.45) is 13.0. The summed E-state index contributed by atoms with van der Waals surface area (Å²) >= 11 is 1.06. The van der Waals surface area contributed by atoms with Crippen LogP contribution >= 0.6 is 0 Å². The minimum absolute atomic E-state index is 0.995.